The largest absolute Gasteiger partial charge is 0.352 e. The van der Waals surface area contributed by atoms with E-state index in [0.29, 0.717) is 41.5 Å². The first-order valence-electron chi connectivity index (χ1n) is 10.4. The number of nitrogens with one attached hydrogen (secondary N) is 1. The molecule has 0 radical (unpaired) electrons. The van der Waals surface area contributed by atoms with Gasteiger partial charge in [0.25, 0.3) is 0 Å². The van der Waals surface area contributed by atoms with Crippen molar-refractivity contribution in [2.24, 2.45) is 17.6 Å². The molecule has 2 atom stereocenters. The molecule has 26 heavy (non-hydrogen) atoms. The summed E-state index contributed by atoms with van der Waals surface area (Å²) in [6.07, 6.45) is 11.7. The fourth-order valence-electron chi connectivity index (χ4n) is 5.26. The van der Waals surface area contributed by atoms with Gasteiger partial charge in [-0.1, -0.05) is 25.7 Å². The molecule has 3 rings (SSSR count). The first kappa shape index (κ1) is 20.0. The Balaban J connectivity index is 1.38. The first-order valence-corrected chi connectivity index (χ1v) is 11.6. The molecule has 0 aromatic heterocycles. The van der Waals surface area contributed by atoms with Gasteiger partial charge in [0.15, 0.2) is 0 Å². The van der Waals surface area contributed by atoms with Gasteiger partial charge in [-0.05, 0) is 50.4 Å². The van der Waals surface area contributed by atoms with Gasteiger partial charge < -0.3 is 16.0 Å². The minimum Gasteiger partial charge on any atom is -0.352 e. The summed E-state index contributed by atoms with van der Waals surface area (Å²) in [4.78, 5) is 26.7. The predicted molar refractivity (Wildman–Crippen MR) is 107 cm³/mol. The second kappa shape index (κ2) is 9.45. The van der Waals surface area contributed by atoms with Crippen LogP contribution in [0.15, 0.2) is 0 Å². The highest BCUT2D eigenvalue weighted by Gasteiger charge is 2.39. The van der Waals surface area contributed by atoms with Crippen molar-refractivity contribution in [3.63, 3.8) is 0 Å². The standard InChI is InChI=1S/C20H35N3O2S/c1-23(17-8-3-2-4-9-17)19(25)13-26-12-18(24)22-20-14-6-5-7-15(20)11-16(21)10-14/h14-17,20H,2-13,21H2,1H3,(H,22,24). The summed E-state index contributed by atoms with van der Waals surface area (Å²) in [5.41, 5.74) is 6.16. The SMILES string of the molecule is CN(C(=O)CSCC(=O)NC1C2CCCC1CC(N)C2)C1CCCCC1. The Morgan fingerprint density at radius 2 is 1.65 bits per heavy atom. The number of carbonyl (C=O) groups is 2. The zero-order valence-corrected chi connectivity index (χ0v) is 16.9. The third kappa shape index (κ3) is 5.16. The zero-order chi connectivity index (χ0) is 18.5. The van der Waals surface area contributed by atoms with Crippen LogP contribution in [0.2, 0.25) is 0 Å². The smallest absolute Gasteiger partial charge is 0.232 e. The quantitative estimate of drug-likeness (QED) is 0.741. The number of nitrogens with zero attached hydrogens (tertiary/aromatic N) is 1. The van der Waals surface area contributed by atoms with E-state index in [9.17, 15) is 9.59 Å². The monoisotopic (exact) mass is 381 g/mol. The van der Waals surface area contributed by atoms with Crippen molar-refractivity contribution in [2.75, 3.05) is 18.6 Å². The van der Waals surface area contributed by atoms with Gasteiger partial charge in [-0.2, -0.15) is 0 Å². The first-order chi connectivity index (χ1) is 12.5. The highest BCUT2D eigenvalue weighted by Crippen LogP contribution is 2.39. The molecule has 2 unspecified atom stereocenters. The highest BCUT2D eigenvalue weighted by molar-refractivity contribution is 8.00. The number of hydrogen-bond acceptors (Lipinski definition) is 4. The Kier molecular flexibility index (Phi) is 7.27. The van der Waals surface area contributed by atoms with E-state index >= 15 is 0 Å². The zero-order valence-electron chi connectivity index (χ0n) is 16.1. The van der Waals surface area contributed by atoms with Crippen LogP contribution < -0.4 is 11.1 Å². The molecule has 3 aliphatic carbocycles. The van der Waals surface area contributed by atoms with Crippen LogP contribution in [0.25, 0.3) is 0 Å². The van der Waals surface area contributed by atoms with Gasteiger partial charge in [-0.3, -0.25) is 9.59 Å². The van der Waals surface area contributed by atoms with Crippen LogP contribution in [0.1, 0.15) is 64.2 Å². The van der Waals surface area contributed by atoms with Crippen molar-refractivity contribution in [3.8, 4) is 0 Å². The van der Waals surface area contributed by atoms with E-state index in [4.69, 9.17) is 5.73 Å². The summed E-state index contributed by atoms with van der Waals surface area (Å²) in [7, 11) is 1.92. The van der Waals surface area contributed by atoms with Gasteiger partial charge in [-0.25, -0.2) is 0 Å². The van der Waals surface area contributed by atoms with Crippen molar-refractivity contribution in [2.45, 2.75) is 82.3 Å². The summed E-state index contributed by atoms with van der Waals surface area (Å²) in [6.45, 7) is 0. The van der Waals surface area contributed by atoms with Crippen LogP contribution in [0.4, 0.5) is 0 Å². The molecule has 2 amide bonds. The Morgan fingerprint density at radius 3 is 2.31 bits per heavy atom. The maximum absolute atomic E-state index is 12.4. The molecule has 0 saturated heterocycles. The van der Waals surface area contributed by atoms with E-state index in [1.807, 2.05) is 11.9 Å². The van der Waals surface area contributed by atoms with E-state index in [2.05, 4.69) is 5.32 Å². The van der Waals surface area contributed by atoms with Crippen molar-refractivity contribution in [1.82, 2.24) is 10.2 Å². The minimum atomic E-state index is 0.0838. The lowest BCUT2D eigenvalue weighted by Gasteiger charge is -2.45. The second-order valence-corrected chi connectivity index (χ2v) is 9.55. The Labute approximate surface area is 162 Å². The summed E-state index contributed by atoms with van der Waals surface area (Å²) < 4.78 is 0. The molecule has 2 bridgehead atoms. The van der Waals surface area contributed by atoms with Crippen molar-refractivity contribution < 1.29 is 9.59 Å². The summed E-state index contributed by atoms with van der Waals surface area (Å²) in [6, 6.07) is 1.01. The van der Waals surface area contributed by atoms with Crippen LogP contribution >= 0.6 is 11.8 Å². The average molecular weight is 382 g/mol. The number of carbonyl (C=O) groups excluding carboxylic acids is 2. The molecule has 0 spiro atoms. The average Bonchev–Trinajstić information content (AvgIpc) is 2.62. The number of thioether (sulfide) groups is 1. The van der Waals surface area contributed by atoms with Crippen LogP contribution in [-0.4, -0.2) is 53.4 Å². The predicted octanol–water partition coefficient (Wildman–Crippen LogP) is 2.53. The third-order valence-electron chi connectivity index (χ3n) is 6.68. The molecular formula is C20H35N3O2S. The van der Waals surface area contributed by atoms with Gasteiger partial charge in [-0.15, -0.1) is 11.8 Å². The van der Waals surface area contributed by atoms with E-state index in [0.717, 1.165) is 25.7 Å². The number of nitrogens with two attached hydrogens (primary N) is 1. The fourth-order valence-corrected chi connectivity index (χ4v) is 6.01. The second-order valence-electron chi connectivity index (χ2n) is 8.57. The summed E-state index contributed by atoms with van der Waals surface area (Å²) >= 11 is 1.45. The molecule has 3 saturated carbocycles. The van der Waals surface area contributed by atoms with E-state index in [-0.39, 0.29) is 11.8 Å². The van der Waals surface area contributed by atoms with Crippen LogP contribution in [0.3, 0.4) is 0 Å². The maximum Gasteiger partial charge on any atom is 0.232 e. The van der Waals surface area contributed by atoms with E-state index in [1.54, 1.807) is 0 Å². The maximum atomic E-state index is 12.4. The van der Waals surface area contributed by atoms with Crippen molar-refractivity contribution in [3.05, 3.63) is 0 Å². The molecule has 3 N–H and O–H groups in total. The molecule has 3 fully saturated rings. The van der Waals surface area contributed by atoms with Gasteiger partial charge >= 0.3 is 0 Å². The van der Waals surface area contributed by atoms with Crippen LogP contribution in [0, 0.1) is 11.8 Å². The third-order valence-corrected chi connectivity index (χ3v) is 7.60. The minimum absolute atomic E-state index is 0.0838. The molecule has 6 heteroatoms. The van der Waals surface area contributed by atoms with Gasteiger partial charge in [0.2, 0.25) is 11.8 Å². The van der Waals surface area contributed by atoms with E-state index < -0.39 is 0 Å². The molecule has 0 aliphatic heterocycles. The Hall–Kier alpha value is -0.750. The lowest BCUT2D eigenvalue weighted by molar-refractivity contribution is -0.129. The Bertz CT molecular complexity index is 481. The lowest BCUT2D eigenvalue weighted by Crippen LogP contribution is -2.54. The van der Waals surface area contributed by atoms with Gasteiger partial charge in [0.1, 0.15) is 0 Å². The lowest BCUT2D eigenvalue weighted by atomic mass is 9.67. The van der Waals surface area contributed by atoms with Crippen molar-refractivity contribution >= 4 is 23.6 Å². The number of fused-ring (bicyclic) bond motifs is 2. The van der Waals surface area contributed by atoms with Crippen molar-refractivity contribution in [1.29, 1.82) is 0 Å². The molecule has 0 aromatic carbocycles. The fraction of sp³-hybridized carbons (Fsp3) is 0.900. The Morgan fingerprint density at radius 1 is 1.00 bits per heavy atom. The molecule has 0 heterocycles. The van der Waals surface area contributed by atoms with Gasteiger partial charge in [0, 0.05) is 25.2 Å². The van der Waals surface area contributed by atoms with Crippen LogP contribution in [0.5, 0.6) is 0 Å². The topological polar surface area (TPSA) is 75.4 Å². The number of rotatable bonds is 6. The molecular weight excluding hydrogens is 346 g/mol. The molecule has 3 aliphatic rings. The van der Waals surface area contributed by atoms with Crippen LogP contribution in [-0.2, 0) is 9.59 Å². The summed E-state index contributed by atoms with van der Waals surface area (Å²) in [5.74, 6) is 2.13. The van der Waals surface area contributed by atoms with E-state index in [1.165, 1.54) is 50.3 Å². The normalized spacial score (nSPS) is 32.1. The molecule has 148 valence electrons. The van der Waals surface area contributed by atoms with Gasteiger partial charge in [0.05, 0.1) is 11.5 Å². The molecule has 5 nitrogen and oxygen atoms in total. The number of amides is 2. The highest BCUT2D eigenvalue weighted by atomic mass is 32.2. The number of hydrogen-bond donors (Lipinski definition) is 2. The molecule has 0 aromatic rings. The summed E-state index contributed by atoms with van der Waals surface area (Å²) in [5, 5.41) is 3.27.